The van der Waals surface area contributed by atoms with E-state index in [9.17, 15) is 9.59 Å². The van der Waals surface area contributed by atoms with E-state index in [1.54, 1.807) is 29.2 Å². The predicted octanol–water partition coefficient (Wildman–Crippen LogP) is 2.63. The first-order valence-electron chi connectivity index (χ1n) is 8.76. The first-order valence-corrected chi connectivity index (χ1v) is 9.99. The number of rotatable bonds is 7. The highest BCUT2D eigenvalue weighted by Crippen LogP contribution is 2.35. The van der Waals surface area contributed by atoms with E-state index >= 15 is 0 Å². The van der Waals surface area contributed by atoms with E-state index in [1.165, 1.54) is 26.0 Å². The van der Waals surface area contributed by atoms with Gasteiger partial charge in [0.15, 0.2) is 18.1 Å². The smallest absolute Gasteiger partial charge is 0.343 e. The lowest BCUT2D eigenvalue weighted by Gasteiger charge is -2.18. The molecule has 9 heteroatoms. The molecule has 1 aromatic rings. The Hall–Kier alpha value is -2.10. The number of nitrogens with zero attached hydrogens (tertiary/aromatic N) is 1. The van der Waals surface area contributed by atoms with Crippen LogP contribution in [-0.2, 0) is 19.1 Å². The monoisotopic (exact) mass is 423 g/mol. The number of carbonyl (C=O) groups is 2. The standard InChI is InChI=1S/C19H21NO6S2/c1-23-15-8-12(5-6-14(15)26-11-17(21)24-2)9-16-18(22)20(19(27)28-16)10-13-4-3-7-25-13/h5-6,8-9,13H,3-4,7,10-11H2,1-2H3/b16-9-/t13-/m0/s1. The summed E-state index contributed by atoms with van der Waals surface area (Å²) in [5.41, 5.74) is 0.764. The molecule has 150 valence electrons. The third-order valence-electron chi connectivity index (χ3n) is 4.34. The molecule has 0 unspecified atom stereocenters. The maximum atomic E-state index is 12.7. The molecule has 1 amide bonds. The van der Waals surface area contributed by atoms with Gasteiger partial charge in [0.2, 0.25) is 0 Å². The van der Waals surface area contributed by atoms with Crippen LogP contribution >= 0.6 is 24.0 Å². The molecule has 7 nitrogen and oxygen atoms in total. The highest BCUT2D eigenvalue weighted by atomic mass is 32.2. The van der Waals surface area contributed by atoms with E-state index in [1.807, 2.05) is 0 Å². The normalized spacial score (nSPS) is 20.7. The Morgan fingerprint density at radius 2 is 2.21 bits per heavy atom. The summed E-state index contributed by atoms with van der Waals surface area (Å²) in [7, 11) is 2.80. The molecule has 2 heterocycles. The second-order valence-corrected chi connectivity index (χ2v) is 7.88. The highest BCUT2D eigenvalue weighted by molar-refractivity contribution is 8.26. The van der Waals surface area contributed by atoms with Crippen LogP contribution in [0.15, 0.2) is 23.1 Å². The van der Waals surface area contributed by atoms with Crippen molar-refractivity contribution in [2.24, 2.45) is 0 Å². The quantitative estimate of drug-likeness (QED) is 0.376. The first kappa shape index (κ1) is 20.6. The van der Waals surface area contributed by atoms with Crippen LogP contribution in [0.25, 0.3) is 6.08 Å². The van der Waals surface area contributed by atoms with E-state index in [0.29, 0.717) is 27.3 Å². The van der Waals surface area contributed by atoms with Crippen LogP contribution in [0.5, 0.6) is 11.5 Å². The Morgan fingerprint density at radius 3 is 2.89 bits per heavy atom. The van der Waals surface area contributed by atoms with Crippen molar-refractivity contribution in [3.8, 4) is 11.5 Å². The Bertz CT molecular complexity index is 804. The van der Waals surface area contributed by atoms with Crippen LogP contribution in [0.1, 0.15) is 18.4 Å². The number of ether oxygens (including phenoxy) is 4. The van der Waals surface area contributed by atoms with Crippen molar-refractivity contribution in [2.75, 3.05) is 34.0 Å². The molecule has 2 aliphatic heterocycles. The lowest BCUT2D eigenvalue weighted by Crippen LogP contribution is -2.35. The molecule has 0 aliphatic carbocycles. The molecule has 0 saturated carbocycles. The number of hydrogen-bond acceptors (Lipinski definition) is 8. The van der Waals surface area contributed by atoms with Gasteiger partial charge in [0, 0.05) is 6.61 Å². The third kappa shape index (κ3) is 4.84. The number of hydrogen-bond donors (Lipinski definition) is 0. The van der Waals surface area contributed by atoms with Crippen molar-refractivity contribution in [3.63, 3.8) is 0 Å². The molecule has 0 aromatic heterocycles. The van der Waals surface area contributed by atoms with Gasteiger partial charge in [-0.25, -0.2) is 4.79 Å². The number of thioether (sulfide) groups is 1. The van der Waals surface area contributed by atoms with Gasteiger partial charge in [-0.3, -0.25) is 9.69 Å². The number of benzene rings is 1. The summed E-state index contributed by atoms with van der Waals surface area (Å²) in [4.78, 5) is 26.1. The van der Waals surface area contributed by atoms with Crippen molar-refractivity contribution in [3.05, 3.63) is 28.7 Å². The van der Waals surface area contributed by atoms with Gasteiger partial charge in [-0.05, 0) is 36.6 Å². The highest BCUT2D eigenvalue weighted by Gasteiger charge is 2.34. The van der Waals surface area contributed by atoms with E-state index in [0.717, 1.165) is 25.0 Å². The summed E-state index contributed by atoms with van der Waals surface area (Å²) in [5, 5.41) is 0. The molecule has 3 rings (SSSR count). The summed E-state index contributed by atoms with van der Waals surface area (Å²) in [5.74, 6) is 0.264. The second-order valence-electron chi connectivity index (χ2n) is 6.20. The van der Waals surface area contributed by atoms with Crippen LogP contribution in [0.4, 0.5) is 0 Å². The van der Waals surface area contributed by atoms with Crippen LogP contribution in [0.2, 0.25) is 0 Å². The molecule has 2 fully saturated rings. The minimum absolute atomic E-state index is 0.0492. The number of thiocarbonyl (C=S) groups is 1. The molecule has 28 heavy (non-hydrogen) atoms. The van der Waals surface area contributed by atoms with Crippen molar-refractivity contribution >= 4 is 46.3 Å². The fraction of sp³-hybridized carbons (Fsp3) is 0.421. The summed E-state index contributed by atoms with van der Waals surface area (Å²) >= 11 is 6.64. The number of amides is 1. The Balaban J connectivity index is 1.72. The summed E-state index contributed by atoms with van der Waals surface area (Å²) in [6, 6.07) is 5.20. The fourth-order valence-corrected chi connectivity index (χ4v) is 4.16. The second kappa shape index (κ2) is 9.40. The summed E-state index contributed by atoms with van der Waals surface area (Å²) in [6.45, 7) is 1.01. The van der Waals surface area contributed by atoms with Crippen LogP contribution in [0, 0.1) is 0 Å². The fourth-order valence-electron chi connectivity index (χ4n) is 2.89. The average molecular weight is 424 g/mol. The lowest BCUT2D eigenvalue weighted by atomic mass is 10.1. The zero-order chi connectivity index (χ0) is 20.1. The van der Waals surface area contributed by atoms with Gasteiger partial charge < -0.3 is 18.9 Å². The maximum absolute atomic E-state index is 12.7. The number of esters is 1. The molecular formula is C19H21NO6S2. The molecule has 0 spiro atoms. The van der Waals surface area contributed by atoms with Crippen molar-refractivity contribution < 1.29 is 28.5 Å². The van der Waals surface area contributed by atoms with E-state index in [2.05, 4.69) is 4.74 Å². The van der Waals surface area contributed by atoms with Crippen molar-refractivity contribution in [2.45, 2.75) is 18.9 Å². The van der Waals surface area contributed by atoms with Crippen LogP contribution in [-0.4, -0.2) is 61.2 Å². The zero-order valence-electron chi connectivity index (χ0n) is 15.6. The summed E-state index contributed by atoms with van der Waals surface area (Å²) < 4.78 is 21.4. The predicted molar refractivity (Wildman–Crippen MR) is 109 cm³/mol. The van der Waals surface area contributed by atoms with Gasteiger partial charge in [-0.2, -0.15) is 0 Å². The lowest BCUT2D eigenvalue weighted by molar-refractivity contribution is -0.142. The summed E-state index contributed by atoms with van der Waals surface area (Å²) in [6.07, 6.45) is 3.77. The van der Waals surface area contributed by atoms with Gasteiger partial charge in [0.1, 0.15) is 4.32 Å². The molecular weight excluding hydrogens is 402 g/mol. The van der Waals surface area contributed by atoms with Gasteiger partial charge in [0.05, 0.1) is 31.8 Å². The topological polar surface area (TPSA) is 74.3 Å². The minimum Gasteiger partial charge on any atom is -0.493 e. The first-order chi connectivity index (χ1) is 13.5. The molecule has 2 saturated heterocycles. The molecule has 1 aromatic carbocycles. The molecule has 1 atom stereocenters. The maximum Gasteiger partial charge on any atom is 0.343 e. The Kier molecular flexibility index (Phi) is 6.93. The van der Waals surface area contributed by atoms with Gasteiger partial charge in [0.25, 0.3) is 5.91 Å². The molecule has 0 N–H and O–H groups in total. The largest absolute Gasteiger partial charge is 0.493 e. The van der Waals surface area contributed by atoms with Crippen LogP contribution < -0.4 is 9.47 Å². The van der Waals surface area contributed by atoms with E-state index in [4.69, 9.17) is 26.4 Å². The van der Waals surface area contributed by atoms with Crippen LogP contribution in [0.3, 0.4) is 0 Å². The van der Waals surface area contributed by atoms with Crippen molar-refractivity contribution in [1.29, 1.82) is 0 Å². The minimum atomic E-state index is -0.485. The van der Waals surface area contributed by atoms with Gasteiger partial charge in [-0.15, -0.1) is 0 Å². The van der Waals surface area contributed by atoms with Gasteiger partial charge >= 0.3 is 5.97 Å². The number of carbonyl (C=O) groups excluding carboxylic acids is 2. The molecule has 0 radical (unpaired) electrons. The SMILES string of the molecule is COC(=O)COc1ccc(/C=C2\SC(=S)N(C[C@@H]3CCCO3)C2=O)cc1OC. The third-order valence-corrected chi connectivity index (χ3v) is 5.72. The Morgan fingerprint density at radius 1 is 1.39 bits per heavy atom. The van der Waals surface area contributed by atoms with E-state index in [-0.39, 0.29) is 18.6 Å². The molecule has 0 bridgehead atoms. The number of methoxy groups -OCH3 is 2. The van der Waals surface area contributed by atoms with Crippen molar-refractivity contribution in [1.82, 2.24) is 4.90 Å². The van der Waals surface area contributed by atoms with E-state index < -0.39 is 5.97 Å². The van der Waals surface area contributed by atoms with Gasteiger partial charge in [-0.1, -0.05) is 30.0 Å². The molecule has 2 aliphatic rings. The Labute approximate surface area is 172 Å². The average Bonchev–Trinajstić information content (AvgIpc) is 3.30. The zero-order valence-corrected chi connectivity index (χ0v) is 17.3.